The lowest BCUT2D eigenvalue weighted by Gasteiger charge is -2.13. The highest BCUT2D eigenvalue weighted by Crippen LogP contribution is 2.24. The normalized spacial score (nSPS) is 12.1. The van der Waals surface area contributed by atoms with E-state index in [0.29, 0.717) is 6.61 Å². The Bertz CT molecular complexity index is 522. The first-order valence-electron chi connectivity index (χ1n) is 7.74. The summed E-state index contributed by atoms with van der Waals surface area (Å²) in [6, 6.07) is 17.9. The van der Waals surface area contributed by atoms with Crippen LogP contribution in [0.4, 0.5) is 0 Å². The average molecular weight is 284 g/mol. The van der Waals surface area contributed by atoms with E-state index in [1.54, 1.807) is 0 Å². The third-order valence-electron chi connectivity index (χ3n) is 3.57. The summed E-state index contributed by atoms with van der Waals surface area (Å²) >= 11 is 0. The maximum atomic E-state index is 10.2. The molecule has 0 radical (unpaired) electrons. The summed E-state index contributed by atoms with van der Waals surface area (Å²) in [5.74, 6) is 0.811. The Kier molecular flexibility index (Phi) is 6.29. The SMILES string of the molecule is CCCCCC(O)c1cccc(OCc2ccccc2)c1. The first-order valence-corrected chi connectivity index (χ1v) is 7.74. The first kappa shape index (κ1) is 15.6. The third kappa shape index (κ3) is 5.24. The van der Waals surface area contributed by atoms with Gasteiger partial charge in [0.2, 0.25) is 0 Å². The second-order valence-electron chi connectivity index (χ2n) is 5.36. The highest BCUT2D eigenvalue weighted by Gasteiger charge is 2.08. The molecule has 1 unspecified atom stereocenters. The number of hydrogen-bond acceptors (Lipinski definition) is 2. The van der Waals surface area contributed by atoms with Gasteiger partial charge in [-0.15, -0.1) is 0 Å². The molecule has 1 atom stereocenters. The lowest BCUT2D eigenvalue weighted by molar-refractivity contribution is 0.163. The van der Waals surface area contributed by atoms with Gasteiger partial charge in [-0.1, -0.05) is 68.7 Å². The van der Waals surface area contributed by atoms with Crippen LogP contribution in [0.5, 0.6) is 5.75 Å². The van der Waals surface area contributed by atoms with Crippen LogP contribution in [0.1, 0.15) is 49.8 Å². The molecule has 0 aliphatic carbocycles. The van der Waals surface area contributed by atoms with Crippen molar-refractivity contribution in [3.05, 3.63) is 65.7 Å². The number of benzene rings is 2. The molecule has 0 aromatic heterocycles. The van der Waals surface area contributed by atoms with Gasteiger partial charge in [-0.05, 0) is 29.7 Å². The standard InChI is InChI=1S/C19H24O2/c1-2-3-5-13-19(20)17-11-8-12-18(14-17)21-15-16-9-6-4-7-10-16/h4,6-12,14,19-20H,2-3,5,13,15H2,1H3. The summed E-state index contributed by atoms with van der Waals surface area (Å²) in [4.78, 5) is 0. The molecule has 0 saturated carbocycles. The number of aliphatic hydroxyl groups is 1. The summed E-state index contributed by atoms with van der Waals surface area (Å²) in [7, 11) is 0. The Balaban J connectivity index is 1.91. The first-order chi connectivity index (χ1) is 10.3. The van der Waals surface area contributed by atoms with E-state index in [1.807, 2.05) is 54.6 Å². The number of unbranched alkanes of at least 4 members (excludes halogenated alkanes) is 2. The van der Waals surface area contributed by atoms with Gasteiger partial charge in [0.15, 0.2) is 0 Å². The summed E-state index contributed by atoms with van der Waals surface area (Å²) < 4.78 is 5.80. The molecule has 2 rings (SSSR count). The quantitative estimate of drug-likeness (QED) is 0.700. The van der Waals surface area contributed by atoms with E-state index >= 15 is 0 Å². The molecule has 2 heteroatoms. The van der Waals surface area contributed by atoms with Gasteiger partial charge in [0.1, 0.15) is 12.4 Å². The van der Waals surface area contributed by atoms with Crippen molar-refractivity contribution >= 4 is 0 Å². The fourth-order valence-electron chi connectivity index (χ4n) is 2.31. The van der Waals surface area contributed by atoms with Crippen LogP contribution < -0.4 is 4.74 Å². The largest absolute Gasteiger partial charge is 0.489 e. The van der Waals surface area contributed by atoms with Crippen molar-refractivity contribution in [2.45, 2.75) is 45.3 Å². The molecule has 0 amide bonds. The Morgan fingerprint density at radius 2 is 1.81 bits per heavy atom. The summed E-state index contributed by atoms with van der Waals surface area (Å²) in [6.07, 6.45) is 3.83. The second kappa shape index (κ2) is 8.48. The smallest absolute Gasteiger partial charge is 0.120 e. The molecule has 2 aromatic carbocycles. The maximum absolute atomic E-state index is 10.2. The zero-order chi connectivity index (χ0) is 14.9. The van der Waals surface area contributed by atoms with Gasteiger partial charge < -0.3 is 9.84 Å². The highest BCUT2D eigenvalue weighted by atomic mass is 16.5. The minimum absolute atomic E-state index is 0.392. The molecule has 0 heterocycles. The van der Waals surface area contributed by atoms with Crippen LogP contribution >= 0.6 is 0 Å². The Hall–Kier alpha value is -1.80. The molecule has 1 N–H and O–H groups in total. The summed E-state index contributed by atoms with van der Waals surface area (Å²) in [5.41, 5.74) is 2.09. The second-order valence-corrected chi connectivity index (χ2v) is 5.36. The summed E-state index contributed by atoms with van der Waals surface area (Å²) in [5, 5.41) is 10.2. The lowest BCUT2D eigenvalue weighted by Crippen LogP contribution is -1.99. The van der Waals surface area contributed by atoms with Crippen LogP contribution in [-0.4, -0.2) is 5.11 Å². The number of aliphatic hydroxyl groups excluding tert-OH is 1. The van der Waals surface area contributed by atoms with E-state index < -0.39 is 6.10 Å². The monoisotopic (exact) mass is 284 g/mol. The van der Waals surface area contributed by atoms with Crippen molar-refractivity contribution in [1.82, 2.24) is 0 Å². The molecule has 112 valence electrons. The van der Waals surface area contributed by atoms with Gasteiger partial charge in [0.25, 0.3) is 0 Å². The van der Waals surface area contributed by atoms with E-state index in [0.717, 1.165) is 29.7 Å². The van der Waals surface area contributed by atoms with Crippen LogP contribution in [0.15, 0.2) is 54.6 Å². The Morgan fingerprint density at radius 3 is 2.57 bits per heavy atom. The van der Waals surface area contributed by atoms with E-state index in [-0.39, 0.29) is 0 Å². The van der Waals surface area contributed by atoms with Crippen LogP contribution in [0.2, 0.25) is 0 Å². The topological polar surface area (TPSA) is 29.5 Å². The van der Waals surface area contributed by atoms with Crippen molar-refractivity contribution in [3.8, 4) is 5.75 Å². The lowest BCUT2D eigenvalue weighted by atomic mass is 10.0. The van der Waals surface area contributed by atoms with Crippen molar-refractivity contribution in [1.29, 1.82) is 0 Å². The molecule has 2 aromatic rings. The zero-order valence-corrected chi connectivity index (χ0v) is 12.7. The predicted octanol–water partition coefficient (Wildman–Crippen LogP) is 4.88. The average Bonchev–Trinajstić information content (AvgIpc) is 2.54. The molecule has 2 nitrogen and oxygen atoms in total. The molecule has 21 heavy (non-hydrogen) atoms. The highest BCUT2D eigenvalue weighted by molar-refractivity contribution is 5.30. The molecule has 0 spiro atoms. The fourth-order valence-corrected chi connectivity index (χ4v) is 2.31. The van der Waals surface area contributed by atoms with Crippen LogP contribution in [-0.2, 0) is 6.61 Å². The van der Waals surface area contributed by atoms with E-state index in [9.17, 15) is 5.11 Å². The van der Waals surface area contributed by atoms with Gasteiger partial charge in [-0.2, -0.15) is 0 Å². The van der Waals surface area contributed by atoms with Crippen LogP contribution in [0, 0.1) is 0 Å². The zero-order valence-electron chi connectivity index (χ0n) is 12.7. The van der Waals surface area contributed by atoms with Gasteiger partial charge in [-0.3, -0.25) is 0 Å². The van der Waals surface area contributed by atoms with E-state index in [2.05, 4.69) is 6.92 Å². The van der Waals surface area contributed by atoms with Crippen molar-refractivity contribution in [2.24, 2.45) is 0 Å². The van der Waals surface area contributed by atoms with Crippen molar-refractivity contribution in [2.75, 3.05) is 0 Å². The van der Waals surface area contributed by atoms with Crippen LogP contribution in [0.3, 0.4) is 0 Å². The fraction of sp³-hybridized carbons (Fsp3) is 0.368. The predicted molar refractivity (Wildman–Crippen MR) is 86.3 cm³/mol. The van der Waals surface area contributed by atoms with Gasteiger partial charge in [-0.25, -0.2) is 0 Å². The van der Waals surface area contributed by atoms with Gasteiger partial charge >= 0.3 is 0 Å². The third-order valence-corrected chi connectivity index (χ3v) is 3.57. The molecular formula is C19H24O2. The minimum Gasteiger partial charge on any atom is -0.489 e. The van der Waals surface area contributed by atoms with Gasteiger partial charge in [0, 0.05) is 0 Å². The molecule has 0 fully saturated rings. The van der Waals surface area contributed by atoms with E-state index in [4.69, 9.17) is 4.74 Å². The van der Waals surface area contributed by atoms with E-state index in [1.165, 1.54) is 12.8 Å². The molecule has 0 aliphatic heterocycles. The Labute approximate surface area is 127 Å². The Morgan fingerprint density at radius 1 is 1.00 bits per heavy atom. The van der Waals surface area contributed by atoms with Gasteiger partial charge in [0.05, 0.1) is 6.10 Å². The number of hydrogen-bond donors (Lipinski definition) is 1. The number of rotatable bonds is 8. The molecule has 0 aliphatic rings. The molecule has 0 bridgehead atoms. The number of ether oxygens (including phenoxy) is 1. The van der Waals surface area contributed by atoms with Crippen molar-refractivity contribution in [3.63, 3.8) is 0 Å². The summed E-state index contributed by atoms with van der Waals surface area (Å²) in [6.45, 7) is 2.72. The maximum Gasteiger partial charge on any atom is 0.120 e. The van der Waals surface area contributed by atoms with Crippen molar-refractivity contribution < 1.29 is 9.84 Å². The molecular weight excluding hydrogens is 260 g/mol. The van der Waals surface area contributed by atoms with Crippen LogP contribution in [0.25, 0.3) is 0 Å². The minimum atomic E-state index is -0.392. The molecule has 0 saturated heterocycles.